The Morgan fingerprint density at radius 2 is 2.10 bits per heavy atom. The zero-order valence-corrected chi connectivity index (χ0v) is 13.3. The first-order chi connectivity index (χ1) is 10.2. The molecule has 1 aliphatic rings. The molecule has 0 bridgehead atoms. The summed E-state index contributed by atoms with van der Waals surface area (Å²) in [7, 11) is 4.31. The lowest BCUT2D eigenvalue weighted by molar-refractivity contribution is 0.168. The fourth-order valence-electron chi connectivity index (χ4n) is 3.47. The predicted octanol–water partition coefficient (Wildman–Crippen LogP) is 2.61. The summed E-state index contributed by atoms with van der Waals surface area (Å²) in [6, 6.07) is 5.61. The fourth-order valence-corrected chi connectivity index (χ4v) is 3.47. The Hall–Kier alpha value is -1.39. The molecule has 1 N–H and O–H groups in total. The molecular weight excluding hydrogens is 260 g/mol. The van der Waals surface area contributed by atoms with Crippen LogP contribution in [0.2, 0.25) is 0 Å². The average Bonchev–Trinajstić information content (AvgIpc) is 2.91. The third kappa shape index (κ3) is 3.11. The van der Waals surface area contributed by atoms with Crippen molar-refractivity contribution >= 4 is 5.65 Å². The molecule has 4 nitrogen and oxygen atoms in total. The highest BCUT2D eigenvalue weighted by Crippen LogP contribution is 2.23. The van der Waals surface area contributed by atoms with Crippen LogP contribution in [0.15, 0.2) is 24.5 Å². The Balaban J connectivity index is 1.66. The topological polar surface area (TPSA) is 32.6 Å². The molecule has 1 fully saturated rings. The van der Waals surface area contributed by atoms with E-state index in [0.29, 0.717) is 12.1 Å². The van der Waals surface area contributed by atoms with Gasteiger partial charge in [0.05, 0.1) is 5.69 Å². The Morgan fingerprint density at radius 3 is 2.76 bits per heavy atom. The van der Waals surface area contributed by atoms with E-state index >= 15 is 0 Å². The van der Waals surface area contributed by atoms with E-state index in [4.69, 9.17) is 4.98 Å². The number of nitrogens with zero attached hydrogens (tertiary/aromatic N) is 3. The minimum atomic E-state index is 0.695. The van der Waals surface area contributed by atoms with Crippen molar-refractivity contribution in [2.45, 2.75) is 51.2 Å². The van der Waals surface area contributed by atoms with E-state index in [0.717, 1.165) is 12.2 Å². The molecule has 2 aromatic heterocycles. The number of aromatic nitrogens is 2. The van der Waals surface area contributed by atoms with Crippen LogP contribution in [-0.4, -0.2) is 40.5 Å². The Labute approximate surface area is 127 Å². The van der Waals surface area contributed by atoms with Gasteiger partial charge in [-0.15, -0.1) is 0 Å². The van der Waals surface area contributed by atoms with E-state index in [2.05, 4.69) is 60.2 Å². The first-order valence-electron chi connectivity index (χ1n) is 7.98. The first-order valence-corrected chi connectivity index (χ1v) is 7.98. The highest BCUT2D eigenvalue weighted by Gasteiger charge is 2.23. The van der Waals surface area contributed by atoms with E-state index < -0.39 is 0 Å². The summed E-state index contributed by atoms with van der Waals surface area (Å²) in [4.78, 5) is 7.26. The Kier molecular flexibility index (Phi) is 4.27. The van der Waals surface area contributed by atoms with Gasteiger partial charge in [-0.2, -0.15) is 0 Å². The molecule has 0 unspecified atom stereocenters. The molecule has 0 atom stereocenters. The molecular formula is C17H26N4. The molecule has 21 heavy (non-hydrogen) atoms. The maximum absolute atomic E-state index is 4.79. The van der Waals surface area contributed by atoms with Crippen LogP contribution in [0, 0.1) is 6.92 Å². The van der Waals surface area contributed by atoms with Gasteiger partial charge >= 0.3 is 0 Å². The molecule has 0 radical (unpaired) electrons. The number of pyridine rings is 1. The molecule has 4 heteroatoms. The second kappa shape index (κ2) is 6.16. The van der Waals surface area contributed by atoms with Crippen molar-refractivity contribution in [2.75, 3.05) is 14.1 Å². The van der Waals surface area contributed by atoms with Crippen molar-refractivity contribution < 1.29 is 0 Å². The summed E-state index contributed by atoms with van der Waals surface area (Å²) in [5.41, 5.74) is 3.49. The second-order valence-electron chi connectivity index (χ2n) is 6.36. The summed E-state index contributed by atoms with van der Waals surface area (Å²) in [5.74, 6) is 0. The highest BCUT2D eigenvalue weighted by molar-refractivity contribution is 5.47. The SMILES string of the molecule is CNC1CCC(N(C)Cc2cn3cccc(C)c3n2)CC1. The van der Waals surface area contributed by atoms with Crippen molar-refractivity contribution in [3.8, 4) is 0 Å². The molecule has 1 saturated carbocycles. The summed E-state index contributed by atoms with van der Waals surface area (Å²) < 4.78 is 2.14. The van der Waals surface area contributed by atoms with Gasteiger partial charge in [-0.3, -0.25) is 4.90 Å². The number of hydrogen-bond donors (Lipinski definition) is 1. The molecule has 0 aromatic carbocycles. The van der Waals surface area contributed by atoms with Crippen LogP contribution in [0.4, 0.5) is 0 Å². The summed E-state index contributed by atoms with van der Waals surface area (Å²) >= 11 is 0. The van der Waals surface area contributed by atoms with E-state index in [-0.39, 0.29) is 0 Å². The Morgan fingerprint density at radius 1 is 1.33 bits per heavy atom. The van der Waals surface area contributed by atoms with E-state index in [1.807, 2.05) is 0 Å². The largest absolute Gasteiger partial charge is 0.317 e. The van der Waals surface area contributed by atoms with Crippen molar-refractivity contribution in [1.29, 1.82) is 0 Å². The number of fused-ring (bicyclic) bond motifs is 1. The number of hydrogen-bond acceptors (Lipinski definition) is 3. The molecule has 2 aromatic rings. The molecule has 0 saturated heterocycles. The third-order valence-electron chi connectivity index (χ3n) is 4.87. The lowest BCUT2D eigenvalue weighted by atomic mass is 9.90. The molecule has 3 rings (SSSR count). The summed E-state index contributed by atoms with van der Waals surface area (Å²) in [6.45, 7) is 3.06. The fraction of sp³-hybridized carbons (Fsp3) is 0.588. The van der Waals surface area contributed by atoms with Gasteiger partial charge in [0, 0.05) is 31.0 Å². The standard InChI is InChI=1S/C17H26N4/c1-13-5-4-10-21-12-15(19-17(13)21)11-20(3)16-8-6-14(18-2)7-9-16/h4-5,10,12,14,16,18H,6-9,11H2,1-3H3. The smallest absolute Gasteiger partial charge is 0.139 e. The number of nitrogens with one attached hydrogen (secondary N) is 1. The molecule has 2 heterocycles. The average molecular weight is 286 g/mol. The zero-order chi connectivity index (χ0) is 14.8. The molecule has 1 aliphatic carbocycles. The monoisotopic (exact) mass is 286 g/mol. The van der Waals surface area contributed by atoms with Gasteiger partial charge in [-0.05, 0) is 58.3 Å². The van der Waals surface area contributed by atoms with E-state index in [1.54, 1.807) is 0 Å². The molecule has 0 amide bonds. The molecule has 114 valence electrons. The van der Waals surface area contributed by atoms with Gasteiger partial charge in [-0.25, -0.2) is 4.98 Å². The van der Waals surface area contributed by atoms with Crippen LogP contribution in [0.25, 0.3) is 5.65 Å². The minimum Gasteiger partial charge on any atom is -0.317 e. The van der Waals surface area contributed by atoms with Gasteiger partial charge in [0.1, 0.15) is 5.65 Å². The van der Waals surface area contributed by atoms with Crippen LogP contribution in [0.1, 0.15) is 36.9 Å². The van der Waals surface area contributed by atoms with Crippen LogP contribution < -0.4 is 5.32 Å². The van der Waals surface area contributed by atoms with Crippen LogP contribution in [-0.2, 0) is 6.54 Å². The third-order valence-corrected chi connectivity index (χ3v) is 4.87. The van der Waals surface area contributed by atoms with E-state index in [9.17, 15) is 0 Å². The lowest BCUT2D eigenvalue weighted by Gasteiger charge is -2.34. The normalized spacial score (nSPS) is 23.0. The van der Waals surface area contributed by atoms with Crippen LogP contribution in [0.5, 0.6) is 0 Å². The second-order valence-corrected chi connectivity index (χ2v) is 6.36. The molecule has 0 aliphatic heterocycles. The van der Waals surface area contributed by atoms with Crippen molar-refractivity contribution in [2.24, 2.45) is 0 Å². The zero-order valence-electron chi connectivity index (χ0n) is 13.3. The maximum Gasteiger partial charge on any atom is 0.139 e. The van der Waals surface area contributed by atoms with Crippen molar-refractivity contribution in [1.82, 2.24) is 19.6 Å². The predicted molar refractivity (Wildman–Crippen MR) is 86.5 cm³/mol. The summed E-state index contributed by atoms with van der Waals surface area (Å²) in [6.07, 6.45) is 9.39. The maximum atomic E-state index is 4.79. The van der Waals surface area contributed by atoms with Gasteiger partial charge in [-0.1, -0.05) is 6.07 Å². The van der Waals surface area contributed by atoms with Gasteiger partial charge in [0.25, 0.3) is 0 Å². The number of imidazole rings is 1. The van der Waals surface area contributed by atoms with Gasteiger partial charge in [0.15, 0.2) is 0 Å². The van der Waals surface area contributed by atoms with Gasteiger partial charge < -0.3 is 9.72 Å². The van der Waals surface area contributed by atoms with Gasteiger partial charge in [0.2, 0.25) is 0 Å². The number of aryl methyl sites for hydroxylation is 1. The molecule has 0 spiro atoms. The van der Waals surface area contributed by atoms with Crippen LogP contribution in [0.3, 0.4) is 0 Å². The number of rotatable bonds is 4. The van der Waals surface area contributed by atoms with E-state index in [1.165, 1.54) is 36.9 Å². The highest BCUT2D eigenvalue weighted by atomic mass is 15.1. The quantitative estimate of drug-likeness (QED) is 0.938. The van der Waals surface area contributed by atoms with Crippen molar-refractivity contribution in [3.63, 3.8) is 0 Å². The van der Waals surface area contributed by atoms with Crippen LogP contribution >= 0.6 is 0 Å². The van der Waals surface area contributed by atoms with Crippen molar-refractivity contribution in [3.05, 3.63) is 35.8 Å². The lowest BCUT2D eigenvalue weighted by Crippen LogP contribution is -2.39. The first kappa shape index (κ1) is 14.5. The minimum absolute atomic E-state index is 0.695. The summed E-state index contributed by atoms with van der Waals surface area (Å²) in [5, 5.41) is 3.40. The Bertz CT molecular complexity index is 596.